The lowest BCUT2D eigenvalue weighted by Gasteiger charge is -2.25. The van der Waals surface area contributed by atoms with Gasteiger partial charge >= 0.3 is 0 Å². The first-order valence-electron chi connectivity index (χ1n) is 9.67. The van der Waals surface area contributed by atoms with E-state index in [1.54, 1.807) is 0 Å². The van der Waals surface area contributed by atoms with Crippen LogP contribution < -0.4 is 19.1 Å². The Morgan fingerprint density at radius 3 is 2.36 bits per heavy atom. The molecule has 3 aromatic rings. The van der Waals surface area contributed by atoms with Crippen molar-refractivity contribution in [1.82, 2.24) is 0 Å². The van der Waals surface area contributed by atoms with Gasteiger partial charge in [0.15, 0.2) is 11.5 Å². The Balaban J connectivity index is 1.67. The average molecular weight is 511 g/mol. The van der Waals surface area contributed by atoms with Gasteiger partial charge in [-0.1, -0.05) is 23.2 Å². The largest absolute Gasteiger partial charge is 0.486 e. The normalized spacial score (nSPS) is 12.8. The van der Waals surface area contributed by atoms with Crippen LogP contribution >= 0.6 is 23.2 Å². The van der Waals surface area contributed by atoms with Gasteiger partial charge in [0.05, 0.1) is 21.3 Å². The second-order valence-corrected chi connectivity index (χ2v) is 9.67. The van der Waals surface area contributed by atoms with Crippen molar-refractivity contribution in [2.24, 2.45) is 0 Å². The minimum absolute atomic E-state index is 0.101. The number of halogens is 3. The van der Waals surface area contributed by atoms with Crippen molar-refractivity contribution >= 4 is 50.5 Å². The molecule has 3 aromatic carbocycles. The highest BCUT2D eigenvalue weighted by molar-refractivity contribution is 7.92. The Morgan fingerprint density at radius 1 is 0.970 bits per heavy atom. The third kappa shape index (κ3) is 5.16. The fourth-order valence-corrected chi connectivity index (χ4v) is 5.04. The molecule has 33 heavy (non-hydrogen) atoms. The standard InChI is InChI=1S/C22H17Cl2FN2O5S/c23-14-1-7-19(18(24)11-14)26-22(28)13-27(16-4-2-15(25)3-5-16)33(29,30)17-6-8-20-21(12-17)32-10-9-31-20/h1-8,11-12H,9-10,13H2,(H,26,28). The maximum atomic E-state index is 13.5. The molecule has 0 atom stereocenters. The summed E-state index contributed by atoms with van der Waals surface area (Å²) in [7, 11) is -4.24. The zero-order valence-electron chi connectivity index (χ0n) is 16.9. The Kier molecular flexibility index (Phi) is 6.64. The van der Waals surface area contributed by atoms with E-state index in [2.05, 4.69) is 5.32 Å². The van der Waals surface area contributed by atoms with Gasteiger partial charge in [-0.15, -0.1) is 0 Å². The second kappa shape index (κ2) is 9.46. The monoisotopic (exact) mass is 510 g/mol. The molecule has 0 spiro atoms. The van der Waals surface area contributed by atoms with Crippen molar-refractivity contribution < 1.29 is 27.1 Å². The highest BCUT2D eigenvalue weighted by Gasteiger charge is 2.29. The minimum Gasteiger partial charge on any atom is -0.486 e. The maximum Gasteiger partial charge on any atom is 0.264 e. The average Bonchev–Trinajstić information content (AvgIpc) is 2.79. The van der Waals surface area contributed by atoms with E-state index in [1.807, 2.05) is 0 Å². The van der Waals surface area contributed by atoms with Crippen LogP contribution in [0.25, 0.3) is 0 Å². The second-order valence-electron chi connectivity index (χ2n) is 6.97. The summed E-state index contributed by atoms with van der Waals surface area (Å²) in [4.78, 5) is 12.7. The van der Waals surface area contributed by atoms with Gasteiger partial charge in [0.2, 0.25) is 5.91 Å². The molecule has 11 heteroatoms. The molecule has 1 aliphatic rings. The zero-order chi connectivity index (χ0) is 23.6. The molecule has 1 N–H and O–H groups in total. The van der Waals surface area contributed by atoms with Gasteiger partial charge in [0.25, 0.3) is 10.0 Å². The van der Waals surface area contributed by atoms with E-state index in [1.165, 1.54) is 48.5 Å². The first-order valence-corrected chi connectivity index (χ1v) is 11.9. The van der Waals surface area contributed by atoms with Crippen molar-refractivity contribution in [1.29, 1.82) is 0 Å². The molecule has 1 heterocycles. The lowest BCUT2D eigenvalue weighted by atomic mass is 10.3. The van der Waals surface area contributed by atoms with E-state index in [4.69, 9.17) is 32.7 Å². The van der Waals surface area contributed by atoms with Crippen molar-refractivity contribution in [3.05, 3.63) is 76.5 Å². The van der Waals surface area contributed by atoms with Gasteiger partial charge in [0.1, 0.15) is 25.6 Å². The molecule has 0 bridgehead atoms. The van der Waals surface area contributed by atoms with Gasteiger partial charge in [-0.3, -0.25) is 9.10 Å². The Bertz CT molecular complexity index is 1300. The molecule has 0 radical (unpaired) electrons. The third-order valence-corrected chi connectivity index (χ3v) is 7.03. The van der Waals surface area contributed by atoms with Crippen LogP contribution in [0.5, 0.6) is 11.5 Å². The number of fused-ring (bicyclic) bond motifs is 1. The van der Waals surface area contributed by atoms with E-state index < -0.39 is 28.3 Å². The molecule has 0 unspecified atom stereocenters. The van der Waals surface area contributed by atoms with Crippen LogP contribution in [0, 0.1) is 5.82 Å². The Morgan fingerprint density at radius 2 is 1.67 bits per heavy atom. The maximum absolute atomic E-state index is 13.5. The topological polar surface area (TPSA) is 84.9 Å². The Hall–Kier alpha value is -3.01. The van der Waals surface area contributed by atoms with E-state index in [0.717, 1.165) is 16.4 Å². The molecule has 0 fully saturated rings. The lowest BCUT2D eigenvalue weighted by Crippen LogP contribution is -2.38. The van der Waals surface area contributed by atoms with Gasteiger partial charge in [-0.05, 0) is 54.6 Å². The number of nitrogens with zero attached hydrogens (tertiary/aromatic N) is 1. The van der Waals surface area contributed by atoms with Crippen LogP contribution in [0.4, 0.5) is 15.8 Å². The zero-order valence-corrected chi connectivity index (χ0v) is 19.3. The highest BCUT2D eigenvalue weighted by atomic mass is 35.5. The van der Waals surface area contributed by atoms with Gasteiger partial charge < -0.3 is 14.8 Å². The van der Waals surface area contributed by atoms with Gasteiger partial charge in [0, 0.05) is 11.1 Å². The first kappa shape index (κ1) is 23.2. The predicted molar refractivity (Wildman–Crippen MR) is 123 cm³/mol. The van der Waals surface area contributed by atoms with E-state index in [9.17, 15) is 17.6 Å². The number of sulfonamides is 1. The predicted octanol–water partition coefficient (Wildman–Crippen LogP) is 4.74. The fraction of sp³-hybridized carbons (Fsp3) is 0.136. The van der Waals surface area contributed by atoms with Crippen LogP contribution in [-0.2, 0) is 14.8 Å². The van der Waals surface area contributed by atoms with E-state index >= 15 is 0 Å². The summed E-state index contributed by atoms with van der Waals surface area (Å²) in [6, 6.07) is 13.4. The van der Waals surface area contributed by atoms with Gasteiger partial charge in [-0.2, -0.15) is 0 Å². The molecule has 4 rings (SSSR count). The first-order chi connectivity index (χ1) is 15.7. The molecule has 0 aromatic heterocycles. The number of ether oxygens (including phenoxy) is 2. The molecule has 1 aliphatic heterocycles. The van der Waals surface area contributed by atoms with Crippen molar-refractivity contribution in [2.75, 3.05) is 29.4 Å². The number of hydrogen-bond donors (Lipinski definition) is 1. The summed E-state index contributed by atoms with van der Waals surface area (Å²) < 4.78 is 52.3. The molecule has 0 aliphatic carbocycles. The quantitative estimate of drug-likeness (QED) is 0.517. The van der Waals surface area contributed by atoms with Crippen LogP contribution in [0.15, 0.2) is 65.6 Å². The number of benzene rings is 3. The number of rotatable bonds is 6. The van der Waals surface area contributed by atoms with Crippen molar-refractivity contribution in [3.8, 4) is 11.5 Å². The molecular formula is C22H17Cl2FN2O5S. The molecule has 1 amide bonds. The SMILES string of the molecule is O=C(CN(c1ccc(F)cc1)S(=O)(=O)c1ccc2c(c1)OCCO2)Nc1ccc(Cl)cc1Cl. The smallest absolute Gasteiger partial charge is 0.264 e. The fourth-order valence-electron chi connectivity index (χ4n) is 3.14. The Labute approximate surface area is 199 Å². The molecule has 0 saturated carbocycles. The summed E-state index contributed by atoms with van der Waals surface area (Å²) >= 11 is 12.0. The minimum atomic E-state index is -4.24. The molecular weight excluding hydrogens is 494 g/mol. The van der Waals surface area contributed by atoms with Crippen LogP contribution in [-0.4, -0.2) is 34.1 Å². The molecule has 172 valence electrons. The van der Waals surface area contributed by atoms with Crippen LogP contribution in [0.2, 0.25) is 10.0 Å². The summed E-state index contributed by atoms with van der Waals surface area (Å²) in [5.74, 6) is -0.514. The lowest BCUT2D eigenvalue weighted by molar-refractivity contribution is -0.114. The summed E-state index contributed by atoms with van der Waals surface area (Å²) in [5, 5.41) is 3.14. The summed E-state index contributed by atoms with van der Waals surface area (Å²) in [6.07, 6.45) is 0. The number of carbonyl (C=O) groups excluding carboxylic acids is 1. The number of nitrogens with one attached hydrogen (secondary N) is 1. The number of carbonyl (C=O) groups is 1. The van der Waals surface area contributed by atoms with E-state index in [0.29, 0.717) is 17.4 Å². The van der Waals surface area contributed by atoms with E-state index in [-0.39, 0.29) is 33.6 Å². The van der Waals surface area contributed by atoms with Gasteiger partial charge in [-0.25, -0.2) is 12.8 Å². The van der Waals surface area contributed by atoms with Crippen LogP contribution in [0.1, 0.15) is 0 Å². The summed E-state index contributed by atoms with van der Waals surface area (Å²) in [6.45, 7) is 0.0397. The number of anilines is 2. The molecule has 7 nitrogen and oxygen atoms in total. The number of amides is 1. The van der Waals surface area contributed by atoms with Crippen molar-refractivity contribution in [3.63, 3.8) is 0 Å². The number of hydrogen-bond acceptors (Lipinski definition) is 5. The van der Waals surface area contributed by atoms with Crippen LogP contribution in [0.3, 0.4) is 0 Å². The van der Waals surface area contributed by atoms with Crippen molar-refractivity contribution in [2.45, 2.75) is 4.90 Å². The highest BCUT2D eigenvalue weighted by Crippen LogP contribution is 2.34. The third-order valence-electron chi connectivity index (χ3n) is 4.71. The summed E-state index contributed by atoms with van der Waals surface area (Å²) in [5.41, 5.74) is 0.366. The molecule has 0 saturated heterocycles.